The number of rotatable bonds is 7. The van der Waals surface area contributed by atoms with Crippen LogP contribution in [0.3, 0.4) is 0 Å². The number of aliphatic hydroxyl groups excluding tert-OH is 1. The van der Waals surface area contributed by atoms with Crippen LogP contribution in [0.2, 0.25) is 0 Å². The molecule has 1 unspecified atom stereocenters. The SMILES string of the molecule is CCC(O)CCNCc1ccc(OC)s1. The molecule has 86 valence electrons. The van der Waals surface area contributed by atoms with E-state index in [-0.39, 0.29) is 6.10 Å². The van der Waals surface area contributed by atoms with Crippen molar-refractivity contribution in [2.45, 2.75) is 32.4 Å². The van der Waals surface area contributed by atoms with Gasteiger partial charge in [-0.25, -0.2) is 0 Å². The Morgan fingerprint density at radius 3 is 2.93 bits per heavy atom. The zero-order valence-corrected chi connectivity index (χ0v) is 10.1. The summed E-state index contributed by atoms with van der Waals surface area (Å²) in [7, 11) is 1.68. The first-order valence-corrected chi connectivity index (χ1v) is 6.09. The average molecular weight is 229 g/mol. The second-order valence-corrected chi connectivity index (χ2v) is 4.58. The summed E-state index contributed by atoms with van der Waals surface area (Å²) >= 11 is 1.65. The van der Waals surface area contributed by atoms with E-state index in [1.165, 1.54) is 4.88 Å². The van der Waals surface area contributed by atoms with Crippen LogP contribution in [0.15, 0.2) is 12.1 Å². The first-order valence-electron chi connectivity index (χ1n) is 5.27. The van der Waals surface area contributed by atoms with Crippen molar-refractivity contribution in [3.05, 3.63) is 17.0 Å². The lowest BCUT2D eigenvalue weighted by molar-refractivity contribution is 0.160. The molecule has 1 rings (SSSR count). The van der Waals surface area contributed by atoms with Crippen LogP contribution in [0.25, 0.3) is 0 Å². The van der Waals surface area contributed by atoms with Crippen molar-refractivity contribution in [3.63, 3.8) is 0 Å². The van der Waals surface area contributed by atoms with Gasteiger partial charge >= 0.3 is 0 Å². The molecule has 0 spiro atoms. The molecule has 0 aliphatic carbocycles. The number of methoxy groups -OCH3 is 1. The van der Waals surface area contributed by atoms with Crippen LogP contribution in [-0.2, 0) is 6.54 Å². The molecule has 0 radical (unpaired) electrons. The Morgan fingerprint density at radius 1 is 1.53 bits per heavy atom. The van der Waals surface area contributed by atoms with Crippen molar-refractivity contribution in [1.82, 2.24) is 5.32 Å². The van der Waals surface area contributed by atoms with Gasteiger partial charge in [0.1, 0.15) is 0 Å². The molecule has 4 heteroatoms. The quantitative estimate of drug-likeness (QED) is 0.703. The molecule has 0 saturated heterocycles. The van der Waals surface area contributed by atoms with Crippen molar-refractivity contribution >= 4 is 11.3 Å². The summed E-state index contributed by atoms with van der Waals surface area (Å²) in [6, 6.07) is 4.04. The normalized spacial score (nSPS) is 12.7. The van der Waals surface area contributed by atoms with E-state index in [2.05, 4.69) is 11.4 Å². The van der Waals surface area contributed by atoms with Gasteiger partial charge in [0.05, 0.1) is 13.2 Å². The summed E-state index contributed by atoms with van der Waals surface area (Å²) in [5.74, 6) is 0. The van der Waals surface area contributed by atoms with Gasteiger partial charge in [-0.3, -0.25) is 0 Å². The molecule has 1 heterocycles. The molecular formula is C11H19NO2S. The van der Waals surface area contributed by atoms with Gasteiger partial charge < -0.3 is 15.2 Å². The molecular weight excluding hydrogens is 210 g/mol. The molecule has 1 aromatic rings. The monoisotopic (exact) mass is 229 g/mol. The molecule has 0 amide bonds. The molecule has 15 heavy (non-hydrogen) atoms. The summed E-state index contributed by atoms with van der Waals surface area (Å²) in [6.07, 6.45) is 1.48. The largest absolute Gasteiger partial charge is 0.487 e. The highest BCUT2D eigenvalue weighted by atomic mass is 32.1. The Morgan fingerprint density at radius 2 is 2.33 bits per heavy atom. The van der Waals surface area contributed by atoms with Gasteiger partial charge in [-0.2, -0.15) is 0 Å². The van der Waals surface area contributed by atoms with Crippen molar-refractivity contribution < 1.29 is 9.84 Å². The third kappa shape index (κ3) is 4.64. The highest BCUT2D eigenvalue weighted by Gasteiger charge is 2.01. The minimum atomic E-state index is -0.171. The van der Waals surface area contributed by atoms with Gasteiger partial charge in [-0.1, -0.05) is 6.92 Å². The second-order valence-electron chi connectivity index (χ2n) is 3.45. The smallest absolute Gasteiger partial charge is 0.173 e. The number of aliphatic hydroxyl groups is 1. The zero-order valence-electron chi connectivity index (χ0n) is 9.32. The Kier molecular flexibility index (Phi) is 5.68. The summed E-state index contributed by atoms with van der Waals surface area (Å²) in [6.45, 7) is 3.70. The molecule has 2 N–H and O–H groups in total. The Balaban J connectivity index is 2.14. The summed E-state index contributed by atoms with van der Waals surface area (Å²) in [5, 5.41) is 13.6. The van der Waals surface area contributed by atoms with Crippen LogP contribution in [0.4, 0.5) is 0 Å². The maximum absolute atomic E-state index is 9.34. The third-order valence-electron chi connectivity index (χ3n) is 2.26. The lowest BCUT2D eigenvalue weighted by Crippen LogP contribution is -2.19. The molecule has 0 aliphatic heterocycles. The molecule has 1 atom stereocenters. The van der Waals surface area contributed by atoms with Crippen LogP contribution in [0, 0.1) is 0 Å². The summed E-state index contributed by atoms with van der Waals surface area (Å²) in [5.41, 5.74) is 0. The fourth-order valence-electron chi connectivity index (χ4n) is 1.25. The van der Waals surface area contributed by atoms with Crippen LogP contribution >= 0.6 is 11.3 Å². The molecule has 0 bridgehead atoms. The van der Waals surface area contributed by atoms with Crippen molar-refractivity contribution in [2.75, 3.05) is 13.7 Å². The zero-order chi connectivity index (χ0) is 11.1. The van der Waals surface area contributed by atoms with Crippen LogP contribution in [0.1, 0.15) is 24.6 Å². The highest BCUT2D eigenvalue weighted by Crippen LogP contribution is 2.23. The van der Waals surface area contributed by atoms with E-state index in [4.69, 9.17) is 4.74 Å². The first kappa shape index (κ1) is 12.5. The number of ether oxygens (including phenoxy) is 1. The van der Waals surface area contributed by atoms with Gasteiger partial charge in [0.25, 0.3) is 0 Å². The standard InChI is InChI=1S/C11H19NO2S/c1-3-9(13)6-7-12-8-10-4-5-11(14-2)15-10/h4-5,9,12-13H,3,6-8H2,1-2H3. The molecule has 0 aromatic carbocycles. The fraction of sp³-hybridized carbons (Fsp3) is 0.636. The molecule has 1 aromatic heterocycles. The van der Waals surface area contributed by atoms with Crippen molar-refractivity contribution in [2.24, 2.45) is 0 Å². The van der Waals surface area contributed by atoms with E-state index in [1.54, 1.807) is 18.4 Å². The molecule has 0 aliphatic rings. The maximum Gasteiger partial charge on any atom is 0.173 e. The molecule has 0 fully saturated rings. The van der Waals surface area contributed by atoms with Gasteiger partial charge in [-0.05, 0) is 31.5 Å². The van der Waals surface area contributed by atoms with E-state index in [9.17, 15) is 5.11 Å². The summed E-state index contributed by atoms with van der Waals surface area (Å²) in [4.78, 5) is 1.26. The van der Waals surface area contributed by atoms with E-state index < -0.39 is 0 Å². The van der Waals surface area contributed by atoms with E-state index in [0.29, 0.717) is 0 Å². The van der Waals surface area contributed by atoms with Gasteiger partial charge in [0, 0.05) is 11.4 Å². The maximum atomic E-state index is 9.34. The predicted molar refractivity (Wildman–Crippen MR) is 63.5 cm³/mol. The minimum Gasteiger partial charge on any atom is -0.487 e. The van der Waals surface area contributed by atoms with Gasteiger partial charge in [0.2, 0.25) is 0 Å². The summed E-state index contributed by atoms with van der Waals surface area (Å²) < 4.78 is 5.11. The lowest BCUT2D eigenvalue weighted by Gasteiger charge is -2.07. The van der Waals surface area contributed by atoms with E-state index in [0.717, 1.165) is 31.0 Å². The van der Waals surface area contributed by atoms with E-state index in [1.807, 2.05) is 13.0 Å². The minimum absolute atomic E-state index is 0.171. The Bertz CT molecular complexity index is 275. The van der Waals surface area contributed by atoms with Crippen molar-refractivity contribution in [3.8, 4) is 5.06 Å². The number of thiophene rings is 1. The third-order valence-corrected chi connectivity index (χ3v) is 3.31. The van der Waals surface area contributed by atoms with Crippen molar-refractivity contribution in [1.29, 1.82) is 0 Å². The number of hydrogen-bond acceptors (Lipinski definition) is 4. The Labute approximate surface area is 95.1 Å². The molecule has 3 nitrogen and oxygen atoms in total. The predicted octanol–water partition coefficient (Wildman–Crippen LogP) is 2.01. The first-order chi connectivity index (χ1) is 7.26. The topological polar surface area (TPSA) is 41.5 Å². The van der Waals surface area contributed by atoms with Crippen LogP contribution in [-0.4, -0.2) is 24.9 Å². The molecule has 0 saturated carbocycles. The number of hydrogen-bond donors (Lipinski definition) is 2. The lowest BCUT2D eigenvalue weighted by atomic mass is 10.2. The van der Waals surface area contributed by atoms with Crippen LogP contribution in [0.5, 0.6) is 5.06 Å². The van der Waals surface area contributed by atoms with E-state index >= 15 is 0 Å². The average Bonchev–Trinajstić information content (AvgIpc) is 2.72. The fourth-order valence-corrected chi connectivity index (χ4v) is 2.04. The highest BCUT2D eigenvalue weighted by molar-refractivity contribution is 7.13. The van der Waals surface area contributed by atoms with Gasteiger partial charge in [-0.15, -0.1) is 11.3 Å². The number of nitrogens with one attached hydrogen (secondary N) is 1. The van der Waals surface area contributed by atoms with Gasteiger partial charge in [0.15, 0.2) is 5.06 Å². The van der Waals surface area contributed by atoms with Crippen LogP contribution < -0.4 is 10.1 Å². The second kappa shape index (κ2) is 6.82. The Hall–Kier alpha value is -0.580.